The Balaban J connectivity index is 1.97. The smallest absolute Gasteiger partial charge is 0.306 e. The van der Waals surface area contributed by atoms with Gasteiger partial charge in [-0.05, 0) is 37.8 Å². The zero-order valence-corrected chi connectivity index (χ0v) is 13.9. The van der Waals surface area contributed by atoms with Crippen molar-refractivity contribution in [1.29, 1.82) is 0 Å². The molecule has 1 amide bonds. The summed E-state index contributed by atoms with van der Waals surface area (Å²) in [6.07, 6.45) is 4.18. The van der Waals surface area contributed by atoms with Gasteiger partial charge < -0.3 is 10.0 Å². The van der Waals surface area contributed by atoms with Gasteiger partial charge in [0, 0.05) is 17.3 Å². The number of thiophene rings is 1. The number of rotatable bonds is 6. The van der Waals surface area contributed by atoms with E-state index in [2.05, 4.69) is 6.58 Å². The highest BCUT2D eigenvalue weighted by molar-refractivity contribution is 7.16. The van der Waals surface area contributed by atoms with E-state index in [1.54, 1.807) is 11.0 Å². The molecule has 6 heteroatoms. The maximum absolute atomic E-state index is 12.7. The van der Waals surface area contributed by atoms with E-state index in [0.717, 1.165) is 4.88 Å². The quantitative estimate of drug-likeness (QED) is 0.800. The van der Waals surface area contributed by atoms with Crippen LogP contribution in [0.2, 0.25) is 4.34 Å². The number of nitrogens with zero attached hydrogens (tertiary/aromatic N) is 1. The minimum Gasteiger partial charge on any atom is -0.481 e. The molecule has 1 heterocycles. The number of aliphatic carboxylic acids is 1. The van der Waals surface area contributed by atoms with Crippen LogP contribution < -0.4 is 0 Å². The highest BCUT2D eigenvalue weighted by Gasteiger charge is 2.31. The minimum absolute atomic E-state index is 0.0778. The van der Waals surface area contributed by atoms with Crippen molar-refractivity contribution in [1.82, 2.24) is 4.90 Å². The predicted octanol–water partition coefficient (Wildman–Crippen LogP) is 3.81. The molecule has 2 rings (SSSR count). The molecular formula is C16H20ClNO3S. The molecule has 0 spiro atoms. The molecule has 0 aromatic carbocycles. The molecular weight excluding hydrogens is 322 g/mol. The summed E-state index contributed by atoms with van der Waals surface area (Å²) in [7, 11) is 0. The van der Waals surface area contributed by atoms with E-state index in [-0.39, 0.29) is 17.7 Å². The van der Waals surface area contributed by atoms with Crippen LogP contribution >= 0.6 is 22.9 Å². The highest BCUT2D eigenvalue weighted by atomic mass is 35.5. The Labute approximate surface area is 139 Å². The van der Waals surface area contributed by atoms with Crippen LogP contribution in [0.4, 0.5) is 0 Å². The Morgan fingerprint density at radius 1 is 1.32 bits per heavy atom. The van der Waals surface area contributed by atoms with Gasteiger partial charge in [0.15, 0.2) is 0 Å². The molecule has 1 aromatic heterocycles. The zero-order valence-electron chi connectivity index (χ0n) is 12.3. The summed E-state index contributed by atoms with van der Waals surface area (Å²) in [4.78, 5) is 26.5. The van der Waals surface area contributed by atoms with Gasteiger partial charge in [-0.15, -0.1) is 17.9 Å². The maximum atomic E-state index is 12.7. The van der Waals surface area contributed by atoms with Gasteiger partial charge in [-0.1, -0.05) is 17.7 Å². The molecule has 1 aromatic rings. The minimum atomic E-state index is -0.748. The first kappa shape index (κ1) is 17.0. The van der Waals surface area contributed by atoms with E-state index in [0.29, 0.717) is 43.1 Å². The average molecular weight is 342 g/mol. The van der Waals surface area contributed by atoms with E-state index in [1.165, 1.54) is 11.3 Å². The first-order valence-electron chi connectivity index (χ1n) is 7.38. The van der Waals surface area contributed by atoms with Gasteiger partial charge in [0.2, 0.25) is 5.91 Å². The Morgan fingerprint density at radius 3 is 2.45 bits per heavy atom. The molecule has 1 N–H and O–H groups in total. The lowest BCUT2D eigenvalue weighted by Gasteiger charge is -2.30. The normalized spacial score (nSPS) is 21.3. The van der Waals surface area contributed by atoms with Crippen molar-refractivity contribution in [2.45, 2.75) is 32.2 Å². The predicted molar refractivity (Wildman–Crippen MR) is 88.0 cm³/mol. The number of hydrogen-bond acceptors (Lipinski definition) is 3. The summed E-state index contributed by atoms with van der Waals surface area (Å²) in [6.45, 7) is 4.74. The van der Waals surface area contributed by atoms with Crippen LogP contribution in [0.1, 0.15) is 30.6 Å². The molecule has 0 atom stereocenters. The van der Waals surface area contributed by atoms with E-state index < -0.39 is 5.97 Å². The molecule has 0 unspecified atom stereocenters. The topological polar surface area (TPSA) is 57.6 Å². The van der Waals surface area contributed by atoms with E-state index in [9.17, 15) is 9.59 Å². The van der Waals surface area contributed by atoms with Crippen LogP contribution in [0.15, 0.2) is 24.8 Å². The molecule has 4 nitrogen and oxygen atoms in total. The fraction of sp³-hybridized carbons (Fsp3) is 0.500. The van der Waals surface area contributed by atoms with Crippen LogP contribution in [0.5, 0.6) is 0 Å². The Bertz CT molecular complexity index is 549. The third-order valence-corrected chi connectivity index (χ3v) is 5.28. The number of amides is 1. The number of hydrogen-bond donors (Lipinski definition) is 1. The van der Waals surface area contributed by atoms with Crippen molar-refractivity contribution in [3.63, 3.8) is 0 Å². The summed E-state index contributed by atoms with van der Waals surface area (Å²) in [6, 6.07) is 3.76. The number of carboxylic acids is 1. The molecule has 1 aliphatic rings. The SMILES string of the molecule is C=CCN(Cc1ccc(Cl)s1)C(=O)C1CCC(C(=O)O)CC1. The lowest BCUT2D eigenvalue weighted by molar-refractivity contribution is -0.145. The van der Waals surface area contributed by atoms with Crippen LogP contribution in [0, 0.1) is 11.8 Å². The van der Waals surface area contributed by atoms with Gasteiger partial charge >= 0.3 is 5.97 Å². The van der Waals surface area contributed by atoms with Crippen LogP contribution in [0.25, 0.3) is 0 Å². The van der Waals surface area contributed by atoms with Crippen molar-refractivity contribution in [2.24, 2.45) is 11.8 Å². The molecule has 0 radical (unpaired) electrons. The lowest BCUT2D eigenvalue weighted by Crippen LogP contribution is -2.38. The summed E-state index contributed by atoms with van der Waals surface area (Å²) in [5.74, 6) is -1.03. The maximum Gasteiger partial charge on any atom is 0.306 e. The van der Waals surface area contributed by atoms with Gasteiger partial charge in [0.25, 0.3) is 0 Å². The van der Waals surface area contributed by atoms with E-state index in [1.807, 2.05) is 12.1 Å². The van der Waals surface area contributed by atoms with Gasteiger partial charge in [-0.2, -0.15) is 0 Å². The van der Waals surface area contributed by atoms with Crippen LogP contribution in [-0.4, -0.2) is 28.4 Å². The molecule has 0 bridgehead atoms. The van der Waals surface area contributed by atoms with Crippen molar-refractivity contribution in [2.75, 3.05) is 6.54 Å². The second kappa shape index (κ2) is 7.79. The molecule has 120 valence electrons. The summed E-state index contributed by atoms with van der Waals surface area (Å²) in [5.41, 5.74) is 0. The van der Waals surface area contributed by atoms with Gasteiger partial charge in [0.1, 0.15) is 0 Å². The fourth-order valence-electron chi connectivity index (χ4n) is 2.86. The zero-order chi connectivity index (χ0) is 16.1. The average Bonchev–Trinajstić information content (AvgIpc) is 2.91. The lowest BCUT2D eigenvalue weighted by atomic mass is 9.81. The first-order valence-corrected chi connectivity index (χ1v) is 8.57. The summed E-state index contributed by atoms with van der Waals surface area (Å²) in [5, 5.41) is 9.03. The van der Waals surface area contributed by atoms with Gasteiger partial charge in [0.05, 0.1) is 16.8 Å². The second-order valence-electron chi connectivity index (χ2n) is 5.60. The highest BCUT2D eigenvalue weighted by Crippen LogP contribution is 2.31. The van der Waals surface area contributed by atoms with Gasteiger partial charge in [-0.25, -0.2) is 0 Å². The monoisotopic (exact) mass is 341 g/mol. The third kappa shape index (κ3) is 4.34. The molecule has 22 heavy (non-hydrogen) atoms. The molecule has 1 saturated carbocycles. The fourth-order valence-corrected chi connectivity index (χ4v) is 3.96. The van der Waals surface area contributed by atoms with E-state index >= 15 is 0 Å². The molecule has 1 fully saturated rings. The van der Waals surface area contributed by atoms with Crippen molar-refractivity contribution < 1.29 is 14.7 Å². The summed E-state index contributed by atoms with van der Waals surface area (Å²) < 4.78 is 0.711. The van der Waals surface area contributed by atoms with Crippen LogP contribution in [0.3, 0.4) is 0 Å². The molecule has 0 saturated heterocycles. The molecule has 1 aliphatic carbocycles. The number of carboxylic acid groups (broad SMARTS) is 1. The van der Waals surface area contributed by atoms with E-state index in [4.69, 9.17) is 16.7 Å². The third-order valence-electron chi connectivity index (χ3n) is 4.06. The largest absolute Gasteiger partial charge is 0.481 e. The van der Waals surface area contributed by atoms with Crippen LogP contribution in [-0.2, 0) is 16.1 Å². The standard InChI is InChI=1S/C16H20ClNO3S/c1-2-9-18(10-13-7-8-14(17)22-13)15(19)11-3-5-12(6-4-11)16(20)21/h2,7-8,11-12H,1,3-6,9-10H2,(H,20,21). The number of carbonyl (C=O) groups is 2. The summed E-state index contributed by atoms with van der Waals surface area (Å²) >= 11 is 7.40. The number of carbonyl (C=O) groups excluding carboxylic acids is 1. The van der Waals surface area contributed by atoms with Crippen molar-refractivity contribution in [3.05, 3.63) is 34.0 Å². The number of halogens is 1. The van der Waals surface area contributed by atoms with Crippen molar-refractivity contribution in [3.8, 4) is 0 Å². The first-order chi connectivity index (χ1) is 10.5. The Kier molecular flexibility index (Phi) is 6.03. The van der Waals surface area contributed by atoms with Crippen molar-refractivity contribution >= 4 is 34.8 Å². The Hall–Kier alpha value is -1.33. The Morgan fingerprint density at radius 2 is 1.95 bits per heavy atom. The second-order valence-corrected chi connectivity index (χ2v) is 7.40. The molecule has 0 aliphatic heterocycles. The van der Waals surface area contributed by atoms with Gasteiger partial charge in [-0.3, -0.25) is 9.59 Å².